The Balaban J connectivity index is 1.23. The molecule has 0 bridgehead atoms. The maximum atomic E-state index is 14.1. The molecule has 0 saturated carbocycles. The molecular formula is C25H31F2N7O3. The van der Waals surface area contributed by atoms with Crippen LogP contribution < -0.4 is 10.6 Å². The number of fused-ring (bicyclic) bond motifs is 1. The third-order valence-electron chi connectivity index (χ3n) is 7.32. The summed E-state index contributed by atoms with van der Waals surface area (Å²) in [7, 11) is 0. The zero-order valence-corrected chi connectivity index (χ0v) is 20.5. The van der Waals surface area contributed by atoms with E-state index in [1.54, 1.807) is 18.2 Å². The van der Waals surface area contributed by atoms with Gasteiger partial charge in [-0.25, -0.2) is 18.8 Å². The number of carbonyl (C=O) groups is 1. The van der Waals surface area contributed by atoms with Crippen molar-refractivity contribution in [1.82, 2.24) is 30.0 Å². The molecule has 3 fully saturated rings. The Morgan fingerprint density at radius 1 is 1.08 bits per heavy atom. The zero-order valence-electron chi connectivity index (χ0n) is 20.5. The van der Waals surface area contributed by atoms with E-state index < -0.39 is 12.6 Å². The number of nitrogens with one attached hydrogen (secondary N) is 2. The van der Waals surface area contributed by atoms with Crippen molar-refractivity contribution in [3.05, 3.63) is 36.2 Å². The first-order valence-electron chi connectivity index (χ1n) is 12.8. The van der Waals surface area contributed by atoms with Gasteiger partial charge >= 0.3 is 0 Å². The van der Waals surface area contributed by atoms with E-state index in [4.69, 9.17) is 14.5 Å². The fourth-order valence-corrected chi connectivity index (χ4v) is 5.31. The van der Waals surface area contributed by atoms with Crippen LogP contribution in [0.15, 0.2) is 35.3 Å². The number of para-hydroxylation sites is 2. The lowest BCUT2D eigenvalue weighted by atomic mass is 9.96. The van der Waals surface area contributed by atoms with Crippen molar-refractivity contribution in [3.63, 3.8) is 0 Å². The maximum Gasteiger partial charge on any atom is 0.296 e. The number of alkyl halides is 2. The van der Waals surface area contributed by atoms with Gasteiger partial charge in [0.2, 0.25) is 11.9 Å². The number of ether oxygens (including phenoxy) is 2. The van der Waals surface area contributed by atoms with Gasteiger partial charge in [0.1, 0.15) is 12.0 Å². The van der Waals surface area contributed by atoms with E-state index >= 15 is 0 Å². The maximum absolute atomic E-state index is 14.1. The van der Waals surface area contributed by atoms with Gasteiger partial charge in [0.25, 0.3) is 6.43 Å². The number of halogens is 2. The number of carbonyl (C=O) groups excluding carboxylic acids is 1. The van der Waals surface area contributed by atoms with Crippen molar-refractivity contribution < 1.29 is 23.0 Å². The molecule has 4 aliphatic rings. The Labute approximate surface area is 213 Å². The van der Waals surface area contributed by atoms with Crippen molar-refractivity contribution >= 4 is 28.7 Å². The summed E-state index contributed by atoms with van der Waals surface area (Å²) >= 11 is 0. The molecule has 2 aromatic rings. The van der Waals surface area contributed by atoms with E-state index in [1.165, 1.54) is 4.57 Å². The van der Waals surface area contributed by atoms with E-state index in [1.807, 2.05) is 17.0 Å². The second-order valence-corrected chi connectivity index (χ2v) is 9.76. The van der Waals surface area contributed by atoms with Crippen LogP contribution in [0.2, 0.25) is 0 Å². The number of nitrogens with zero attached hydrogens (tertiary/aromatic N) is 5. The highest BCUT2D eigenvalue weighted by atomic mass is 19.3. The van der Waals surface area contributed by atoms with Crippen LogP contribution in [0.3, 0.4) is 0 Å². The predicted molar refractivity (Wildman–Crippen MR) is 133 cm³/mol. The molecule has 6 rings (SSSR count). The number of likely N-dealkylation sites (tertiary alicyclic amines) is 1. The van der Waals surface area contributed by atoms with Gasteiger partial charge in [-0.2, -0.15) is 0 Å². The Kier molecular flexibility index (Phi) is 6.78. The van der Waals surface area contributed by atoms with Crippen LogP contribution in [0.25, 0.3) is 16.9 Å². The van der Waals surface area contributed by atoms with Gasteiger partial charge in [-0.3, -0.25) is 14.7 Å². The van der Waals surface area contributed by atoms with Crippen molar-refractivity contribution in [2.75, 3.05) is 52.6 Å². The van der Waals surface area contributed by atoms with Crippen molar-refractivity contribution in [2.24, 2.45) is 10.9 Å². The van der Waals surface area contributed by atoms with Gasteiger partial charge in [0.15, 0.2) is 5.82 Å². The van der Waals surface area contributed by atoms with Crippen molar-refractivity contribution in [1.29, 1.82) is 0 Å². The fraction of sp³-hybridized carbons (Fsp3) is 0.560. The minimum atomic E-state index is -2.75. The smallest absolute Gasteiger partial charge is 0.296 e. The van der Waals surface area contributed by atoms with Crippen LogP contribution >= 0.6 is 0 Å². The number of amides is 1. The van der Waals surface area contributed by atoms with E-state index in [9.17, 15) is 13.6 Å². The lowest BCUT2D eigenvalue weighted by Gasteiger charge is -2.43. The molecule has 1 atom stereocenters. The predicted octanol–water partition coefficient (Wildman–Crippen LogP) is 1.62. The van der Waals surface area contributed by atoms with Crippen LogP contribution in [0.5, 0.6) is 0 Å². The van der Waals surface area contributed by atoms with E-state index in [2.05, 4.69) is 20.5 Å². The summed E-state index contributed by atoms with van der Waals surface area (Å²) in [6.45, 7) is 4.91. The number of benzene rings is 1. The Morgan fingerprint density at radius 2 is 1.81 bits per heavy atom. The number of imidazole rings is 1. The molecule has 4 aliphatic heterocycles. The quantitative estimate of drug-likeness (QED) is 0.625. The topological polar surface area (TPSA) is 96.2 Å². The van der Waals surface area contributed by atoms with Crippen molar-refractivity contribution in [2.45, 2.75) is 31.5 Å². The van der Waals surface area contributed by atoms with E-state index in [0.717, 1.165) is 12.8 Å². The normalized spacial score (nSPS) is 23.6. The molecule has 0 radical (unpaired) electrons. The second-order valence-electron chi connectivity index (χ2n) is 9.76. The summed E-state index contributed by atoms with van der Waals surface area (Å²) in [5.41, 5.74) is 1.09. The van der Waals surface area contributed by atoms with Gasteiger partial charge < -0.3 is 24.6 Å². The Bertz CT molecular complexity index is 1200. The third-order valence-corrected chi connectivity index (χ3v) is 7.32. The average Bonchev–Trinajstić information content (AvgIpc) is 3.31. The SMILES string of the molecule is O=C(C1CCOCC1)N1CC(NC2C=C(n3c(C(F)F)nc4ccccc43)NC(N3CCOCC3)=N2)C1. The van der Waals surface area contributed by atoms with Crippen LogP contribution in [0.1, 0.15) is 25.1 Å². The molecule has 1 amide bonds. The van der Waals surface area contributed by atoms with E-state index in [-0.39, 0.29) is 23.7 Å². The van der Waals surface area contributed by atoms with Crippen LogP contribution in [0.4, 0.5) is 8.78 Å². The molecule has 12 heteroatoms. The molecule has 0 spiro atoms. The molecule has 1 unspecified atom stereocenters. The standard InChI is InChI=1S/C25H31F2N7O3/c26-22(27)23-29-18-3-1-2-4-19(18)34(23)21-13-20(30-25(31-21)32-7-11-37-12-8-32)28-17-14-33(15-17)24(35)16-5-9-36-10-6-16/h1-4,13,16-17,20,22,28H,5-12,14-15H2,(H,30,31). The Morgan fingerprint density at radius 3 is 2.57 bits per heavy atom. The lowest BCUT2D eigenvalue weighted by molar-refractivity contribution is -0.143. The van der Waals surface area contributed by atoms with Crippen LogP contribution in [-0.4, -0.2) is 96.0 Å². The largest absolute Gasteiger partial charge is 0.381 e. The number of hydrogen-bond donors (Lipinski definition) is 2. The highest BCUT2D eigenvalue weighted by Gasteiger charge is 2.36. The van der Waals surface area contributed by atoms with Gasteiger partial charge in [-0.15, -0.1) is 0 Å². The molecule has 10 nitrogen and oxygen atoms in total. The number of guanidine groups is 1. The number of morpholine rings is 1. The monoisotopic (exact) mass is 515 g/mol. The van der Waals surface area contributed by atoms with Crippen molar-refractivity contribution in [3.8, 4) is 0 Å². The molecule has 2 N–H and O–H groups in total. The number of aromatic nitrogens is 2. The average molecular weight is 516 g/mol. The minimum Gasteiger partial charge on any atom is -0.381 e. The molecule has 1 aromatic carbocycles. The first-order chi connectivity index (χ1) is 18.1. The fourth-order valence-electron chi connectivity index (χ4n) is 5.31. The Hall–Kier alpha value is -3.09. The van der Waals surface area contributed by atoms with Gasteiger partial charge in [-0.05, 0) is 31.1 Å². The number of hydrogen-bond acceptors (Lipinski definition) is 8. The summed E-state index contributed by atoms with van der Waals surface area (Å²) in [5.74, 6) is 0.984. The van der Waals surface area contributed by atoms with Gasteiger partial charge in [0.05, 0.1) is 24.2 Å². The third kappa shape index (κ3) is 4.92. The molecule has 3 saturated heterocycles. The minimum absolute atomic E-state index is 0.0355. The molecule has 37 heavy (non-hydrogen) atoms. The molecular weight excluding hydrogens is 484 g/mol. The molecule has 5 heterocycles. The van der Waals surface area contributed by atoms with Crippen LogP contribution in [-0.2, 0) is 14.3 Å². The first-order valence-corrected chi connectivity index (χ1v) is 12.8. The second kappa shape index (κ2) is 10.3. The number of aliphatic imine (C=N–C) groups is 1. The summed E-state index contributed by atoms with van der Waals surface area (Å²) in [4.78, 5) is 25.8. The molecule has 1 aromatic heterocycles. The first kappa shape index (κ1) is 24.3. The summed E-state index contributed by atoms with van der Waals surface area (Å²) < 4.78 is 40.5. The summed E-state index contributed by atoms with van der Waals surface area (Å²) in [5, 5.41) is 6.78. The molecule has 0 aliphatic carbocycles. The van der Waals surface area contributed by atoms with Gasteiger partial charge in [0, 0.05) is 51.4 Å². The lowest BCUT2D eigenvalue weighted by Crippen LogP contribution is -2.63. The zero-order chi connectivity index (χ0) is 25.4. The highest BCUT2D eigenvalue weighted by Crippen LogP contribution is 2.28. The summed E-state index contributed by atoms with van der Waals surface area (Å²) in [6, 6.07) is 7.17. The van der Waals surface area contributed by atoms with E-state index in [0.29, 0.717) is 75.4 Å². The molecule has 198 valence electrons. The number of rotatable bonds is 5. The highest BCUT2D eigenvalue weighted by molar-refractivity contribution is 5.90. The van der Waals surface area contributed by atoms with Gasteiger partial charge in [-0.1, -0.05) is 12.1 Å². The summed E-state index contributed by atoms with van der Waals surface area (Å²) in [6.07, 6.45) is 0.153. The van der Waals surface area contributed by atoms with Crippen LogP contribution in [0, 0.1) is 5.92 Å².